The number of aromatic nitrogens is 1. The first-order chi connectivity index (χ1) is 10.1. The zero-order chi connectivity index (χ0) is 15.1. The summed E-state index contributed by atoms with van der Waals surface area (Å²) >= 11 is 0. The van der Waals surface area contributed by atoms with E-state index in [0.717, 1.165) is 32.0 Å². The number of carbonyl (C=O) groups excluding carboxylic acids is 1. The SMILES string of the molecule is O=C(O)C=Cc1ccc(OCC(=O)N2CCCCC2)cn1. The number of rotatable bonds is 5. The number of likely N-dealkylation sites (tertiary alicyclic amines) is 1. The minimum Gasteiger partial charge on any atom is -0.482 e. The predicted molar refractivity (Wildman–Crippen MR) is 76.8 cm³/mol. The van der Waals surface area contributed by atoms with Gasteiger partial charge in [0.15, 0.2) is 6.61 Å². The minimum absolute atomic E-state index is 0.00594. The first-order valence-corrected chi connectivity index (χ1v) is 6.93. The molecule has 0 unspecified atom stereocenters. The Hall–Kier alpha value is -2.37. The Morgan fingerprint density at radius 2 is 2.05 bits per heavy atom. The van der Waals surface area contributed by atoms with E-state index in [0.29, 0.717) is 11.4 Å². The summed E-state index contributed by atoms with van der Waals surface area (Å²) in [6.07, 6.45) is 7.18. The Balaban J connectivity index is 1.83. The highest BCUT2D eigenvalue weighted by Crippen LogP contribution is 2.12. The van der Waals surface area contributed by atoms with Crippen molar-refractivity contribution in [1.29, 1.82) is 0 Å². The van der Waals surface area contributed by atoms with Crippen LogP contribution in [0.3, 0.4) is 0 Å². The molecule has 6 heteroatoms. The van der Waals surface area contributed by atoms with Crippen LogP contribution in [0.15, 0.2) is 24.4 Å². The second kappa shape index (κ2) is 7.42. The molecule has 0 radical (unpaired) electrons. The molecule has 0 atom stereocenters. The van der Waals surface area contributed by atoms with Crippen molar-refractivity contribution in [3.63, 3.8) is 0 Å². The van der Waals surface area contributed by atoms with Crippen molar-refractivity contribution in [3.05, 3.63) is 30.1 Å². The van der Waals surface area contributed by atoms with Crippen molar-refractivity contribution in [2.75, 3.05) is 19.7 Å². The van der Waals surface area contributed by atoms with Crippen molar-refractivity contribution in [3.8, 4) is 5.75 Å². The monoisotopic (exact) mass is 290 g/mol. The van der Waals surface area contributed by atoms with Crippen LogP contribution in [0.5, 0.6) is 5.75 Å². The van der Waals surface area contributed by atoms with E-state index in [-0.39, 0.29) is 12.5 Å². The van der Waals surface area contributed by atoms with E-state index in [1.165, 1.54) is 18.7 Å². The fourth-order valence-corrected chi connectivity index (χ4v) is 2.11. The molecule has 1 aromatic rings. The molecule has 1 aliphatic heterocycles. The van der Waals surface area contributed by atoms with Gasteiger partial charge in [0.1, 0.15) is 5.75 Å². The molecule has 6 nitrogen and oxygen atoms in total. The Kier molecular flexibility index (Phi) is 5.31. The summed E-state index contributed by atoms with van der Waals surface area (Å²) in [6, 6.07) is 3.30. The van der Waals surface area contributed by atoms with Crippen LogP contribution in [0, 0.1) is 0 Å². The summed E-state index contributed by atoms with van der Waals surface area (Å²) in [6.45, 7) is 1.62. The van der Waals surface area contributed by atoms with E-state index in [9.17, 15) is 9.59 Å². The molecule has 0 bridgehead atoms. The molecule has 1 N–H and O–H groups in total. The van der Waals surface area contributed by atoms with E-state index in [2.05, 4.69) is 4.98 Å². The summed E-state index contributed by atoms with van der Waals surface area (Å²) < 4.78 is 5.41. The van der Waals surface area contributed by atoms with Gasteiger partial charge in [0.2, 0.25) is 0 Å². The standard InChI is InChI=1S/C15H18N2O4/c18-14(17-8-2-1-3-9-17)11-21-13-6-4-12(16-10-13)5-7-15(19)20/h4-7,10H,1-3,8-9,11H2,(H,19,20). The van der Waals surface area contributed by atoms with Gasteiger partial charge in [-0.1, -0.05) is 0 Å². The van der Waals surface area contributed by atoms with Gasteiger partial charge in [-0.2, -0.15) is 0 Å². The lowest BCUT2D eigenvalue weighted by Crippen LogP contribution is -2.38. The molecule has 112 valence electrons. The quantitative estimate of drug-likeness (QED) is 0.833. The fraction of sp³-hybridized carbons (Fsp3) is 0.400. The maximum absolute atomic E-state index is 11.9. The highest BCUT2D eigenvalue weighted by Gasteiger charge is 2.16. The van der Waals surface area contributed by atoms with Gasteiger partial charge in [-0.15, -0.1) is 0 Å². The number of nitrogens with zero attached hydrogens (tertiary/aromatic N) is 2. The van der Waals surface area contributed by atoms with Gasteiger partial charge < -0.3 is 14.7 Å². The van der Waals surface area contributed by atoms with Gasteiger partial charge in [-0.3, -0.25) is 9.78 Å². The zero-order valence-electron chi connectivity index (χ0n) is 11.7. The van der Waals surface area contributed by atoms with Crippen LogP contribution in [0.4, 0.5) is 0 Å². The molecule has 1 saturated heterocycles. The van der Waals surface area contributed by atoms with Gasteiger partial charge in [0.25, 0.3) is 5.91 Å². The third-order valence-electron chi connectivity index (χ3n) is 3.23. The third-order valence-corrected chi connectivity index (χ3v) is 3.23. The summed E-state index contributed by atoms with van der Waals surface area (Å²) in [5.74, 6) is -0.540. The first kappa shape index (κ1) is 15.0. The third kappa shape index (κ3) is 4.91. The smallest absolute Gasteiger partial charge is 0.328 e. The predicted octanol–water partition coefficient (Wildman–Crippen LogP) is 1.57. The van der Waals surface area contributed by atoms with Gasteiger partial charge in [-0.25, -0.2) is 4.79 Å². The lowest BCUT2D eigenvalue weighted by Gasteiger charge is -2.26. The normalized spacial score (nSPS) is 15.1. The van der Waals surface area contributed by atoms with Crippen molar-refractivity contribution < 1.29 is 19.4 Å². The minimum atomic E-state index is -1.02. The molecule has 2 heterocycles. The number of hydrogen-bond acceptors (Lipinski definition) is 4. The number of piperidine rings is 1. The van der Waals surface area contributed by atoms with E-state index < -0.39 is 5.97 Å². The van der Waals surface area contributed by atoms with Gasteiger partial charge >= 0.3 is 5.97 Å². The van der Waals surface area contributed by atoms with E-state index in [4.69, 9.17) is 9.84 Å². The number of amides is 1. The number of pyridine rings is 1. The molecule has 0 saturated carbocycles. The average Bonchev–Trinajstić information content (AvgIpc) is 2.52. The van der Waals surface area contributed by atoms with Crippen molar-refractivity contribution >= 4 is 18.0 Å². The number of carboxylic acid groups (broad SMARTS) is 1. The first-order valence-electron chi connectivity index (χ1n) is 6.93. The number of hydrogen-bond donors (Lipinski definition) is 1. The van der Waals surface area contributed by atoms with E-state index in [1.807, 2.05) is 4.90 Å². The molecule has 1 aliphatic rings. The molecule has 0 aromatic carbocycles. The number of carboxylic acids is 1. The van der Waals surface area contributed by atoms with Crippen molar-refractivity contribution in [2.45, 2.75) is 19.3 Å². The Morgan fingerprint density at radius 3 is 2.67 bits per heavy atom. The summed E-state index contributed by atoms with van der Waals surface area (Å²) in [4.78, 5) is 28.2. The largest absolute Gasteiger partial charge is 0.482 e. The molecule has 0 spiro atoms. The van der Waals surface area contributed by atoms with Crippen LogP contribution >= 0.6 is 0 Å². The lowest BCUT2D eigenvalue weighted by atomic mass is 10.1. The zero-order valence-corrected chi connectivity index (χ0v) is 11.7. The van der Waals surface area contributed by atoms with Crippen LogP contribution in [-0.4, -0.2) is 46.6 Å². The molecular formula is C15H18N2O4. The van der Waals surface area contributed by atoms with Crippen LogP contribution in [0.1, 0.15) is 25.0 Å². The van der Waals surface area contributed by atoms with Gasteiger partial charge in [0.05, 0.1) is 11.9 Å². The molecule has 1 fully saturated rings. The highest BCUT2D eigenvalue weighted by atomic mass is 16.5. The molecule has 21 heavy (non-hydrogen) atoms. The topological polar surface area (TPSA) is 79.7 Å². The summed E-state index contributed by atoms with van der Waals surface area (Å²) in [7, 11) is 0. The maximum atomic E-state index is 11.9. The van der Waals surface area contributed by atoms with Crippen molar-refractivity contribution in [2.24, 2.45) is 0 Å². The summed E-state index contributed by atoms with van der Waals surface area (Å²) in [5, 5.41) is 8.52. The maximum Gasteiger partial charge on any atom is 0.328 e. The fourth-order valence-electron chi connectivity index (χ4n) is 2.11. The van der Waals surface area contributed by atoms with Crippen LogP contribution in [-0.2, 0) is 9.59 Å². The Morgan fingerprint density at radius 1 is 1.29 bits per heavy atom. The van der Waals surface area contributed by atoms with Gasteiger partial charge in [-0.05, 0) is 37.5 Å². The second-order valence-electron chi connectivity index (χ2n) is 4.82. The lowest BCUT2D eigenvalue weighted by molar-refractivity contribution is -0.134. The molecule has 1 aromatic heterocycles. The second-order valence-corrected chi connectivity index (χ2v) is 4.82. The molecule has 1 amide bonds. The average molecular weight is 290 g/mol. The summed E-state index contributed by atoms with van der Waals surface area (Å²) in [5.41, 5.74) is 0.520. The van der Waals surface area contributed by atoms with Crippen LogP contribution in [0.25, 0.3) is 6.08 Å². The van der Waals surface area contributed by atoms with E-state index in [1.54, 1.807) is 12.1 Å². The van der Waals surface area contributed by atoms with Gasteiger partial charge in [0, 0.05) is 19.2 Å². The molecule has 2 rings (SSSR count). The molecular weight excluding hydrogens is 272 g/mol. The van der Waals surface area contributed by atoms with Crippen LogP contribution in [0.2, 0.25) is 0 Å². The van der Waals surface area contributed by atoms with E-state index >= 15 is 0 Å². The highest BCUT2D eigenvalue weighted by molar-refractivity contribution is 5.84. The van der Waals surface area contributed by atoms with Crippen molar-refractivity contribution in [1.82, 2.24) is 9.88 Å². The van der Waals surface area contributed by atoms with Crippen LogP contribution < -0.4 is 4.74 Å². The molecule has 0 aliphatic carbocycles. The Labute approximate surface area is 123 Å². The number of carbonyl (C=O) groups is 2. The Bertz CT molecular complexity index is 519. The number of aliphatic carboxylic acids is 1. The number of ether oxygens (including phenoxy) is 1.